The second kappa shape index (κ2) is 9.64. The first-order chi connectivity index (χ1) is 19.4. The Morgan fingerprint density at radius 3 is 2.55 bits per heavy atom. The van der Waals surface area contributed by atoms with Gasteiger partial charge in [-0.1, -0.05) is 46.6 Å². The van der Waals surface area contributed by atoms with Crippen LogP contribution in [0.15, 0.2) is 45.7 Å². The van der Waals surface area contributed by atoms with Gasteiger partial charge in [-0.05, 0) is 47.9 Å². The maximum Gasteiger partial charge on any atom is 0.339 e. The smallest absolute Gasteiger partial charge is 0.339 e. The number of carboxylic acid groups (broad SMARTS) is 1. The molecule has 3 aliphatic rings. The minimum absolute atomic E-state index is 0.0334. The topological polar surface area (TPSA) is 128 Å². The van der Waals surface area contributed by atoms with Crippen molar-refractivity contribution in [3.63, 3.8) is 0 Å². The molecular formula is C28H23Cl2N5O5. The van der Waals surface area contributed by atoms with Gasteiger partial charge < -0.3 is 23.8 Å². The number of rotatable bonds is 8. The molecule has 204 valence electrons. The number of nitrogens with zero attached hydrogens (tertiary/aromatic N) is 5. The monoisotopic (exact) mass is 579 g/mol. The van der Waals surface area contributed by atoms with Crippen molar-refractivity contribution in [1.29, 1.82) is 0 Å². The molecule has 0 bridgehead atoms. The fraction of sp³-hybridized carbons (Fsp3) is 0.321. The maximum atomic E-state index is 11.6. The number of carboxylic acids is 1. The number of methoxy groups -OCH3 is 1. The van der Waals surface area contributed by atoms with Crippen LogP contribution >= 0.6 is 23.2 Å². The van der Waals surface area contributed by atoms with Gasteiger partial charge in [-0.15, -0.1) is 0 Å². The number of benzene rings is 1. The van der Waals surface area contributed by atoms with E-state index in [4.69, 9.17) is 37.0 Å². The largest absolute Gasteiger partial charge is 0.495 e. The molecular weight excluding hydrogens is 557 g/mol. The molecule has 40 heavy (non-hydrogen) atoms. The number of allylic oxidation sites excluding steroid dienone is 1. The van der Waals surface area contributed by atoms with E-state index in [2.05, 4.69) is 37.3 Å². The van der Waals surface area contributed by atoms with Gasteiger partial charge in [-0.3, -0.25) is 4.98 Å². The number of ether oxygens (including phenoxy) is 1. The van der Waals surface area contributed by atoms with E-state index in [1.54, 1.807) is 24.5 Å². The molecule has 1 aliphatic heterocycles. The fourth-order valence-electron chi connectivity index (χ4n) is 5.70. The lowest BCUT2D eigenvalue weighted by Gasteiger charge is -2.16. The van der Waals surface area contributed by atoms with E-state index in [0.717, 1.165) is 37.3 Å². The van der Waals surface area contributed by atoms with Gasteiger partial charge in [0.15, 0.2) is 0 Å². The molecule has 1 saturated heterocycles. The fourth-order valence-corrected chi connectivity index (χ4v) is 6.25. The predicted octanol–water partition coefficient (Wildman–Crippen LogP) is 6.07. The normalized spacial score (nSPS) is 21.7. The van der Waals surface area contributed by atoms with Gasteiger partial charge in [0.2, 0.25) is 0 Å². The number of anilines is 1. The van der Waals surface area contributed by atoms with Gasteiger partial charge in [0, 0.05) is 42.5 Å². The molecule has 3 aromatic heterocycles. The number of piperidine rings is 1. The quantitative estimate of drug-likeness (QED) is 0.262. The van der Waals surface area contributed by atoms with E-state index in [-0.39, 0.29) is 17.2 Å². The van der Waals surface area contributed by atoms with Crippen LogP contribution in [0.2, 0.25) is 10.0 Å². The number of hydrogen-bond acceptors (Lipinski definition) is 9. The van der Waals surface area contributed by atoms with Crippen molar-refractivity contribution >= 4 is 41.2 Å². The highest BCUT2D eigenvalue weighted by atomic mass is 35.5. The van der Waals surface area contributed by atoms with Gasteiger partial charge >= 0.3 is 5.97 Å². The summed E-state index contributed by atoms with van der Waals surface area (Å²) < 4.78 is 16.6. The molecule has 0 amide bonds. The second-order valence-corrected chi connectivity index (χ2v) is 11.1. The lowest BCUT2D eigenvalue weighted by Crippen LogP contribution is -2.24. The van der Waals surface area contributed by atoms with E-state index in [9.17, 15) is 9.90 Å². The highest BCUT2D eigenvalue weighted by Gasteiger charge is 2.55. The third-order valence-corrected chi connectivity index (χ3v) is 8.49. The molecule has 0 radical (unpaired) electrons. The van der Waals surface area contributed by atoms with Crippen molar-refractivity contribution in [3.8, 4) is 28.5 Å². The van der Waals surface area contributed by atoms with Crippen molar-refractivity contribution in [2.45, 2.75) is 18.8 Å². The standard InChI is InChI=1S/C28H23Cl2N5O5/c1-38-25-16(3-2-4-17(25)27(36)37)26-32-28(34-40-26)35-11-18-14(19(18)12-35)7-8-15-23(33-39-24(15)13-5-6-13)22-20(29)9-31-10-21(22)30/h2-4,7-10,13-14,18-19H,5-6,11-12H2,1H3,(H,36,37). The average molecular weight is 580 g/mol. The second-order valence-electron chi connectivity index (χ2n) is 10.3. The average Bonchev–Trinajstić information content (AvgIpc) is 3.68. The Labute approximate surface area is 238 Å². The molecule has 3 fully saturated rings. The van der Waals surface area contributed by atoms with Crippen LogP contribution in [-0.2, 0) is 0 Å². The molecule has 2 saturated carbocycles. The molecule has 4 heterocycles. The van der Waals surface area contributed by atoms with Gasteiger partial charge in [0.05, 0.1) is 22.7 Å². The van der Waals surface area contributed by atoms with Crippen LogP contribution in [0.1, 0.15) is 40.4 Å². The Bertz CT molecular complexity index is 1630. The van der Waals surface area contributed by atoms with Gasteiger partial charge in [-0.25, -0.2) is 4.79 Å². The van der Waals surface area contributed by atoms with Crippen molar-refractivity contribution in [2.24, 2.45) is 17.8 Å². The number of para-hydroxylation sites is 1. The minimum atomic E-state index is -1.09. The van der Waals surface area contributed by atoms with E-state index in [0.29, 0.717) is 56.5 Å². The van der Waals surface area contributed by atoms with E-state index >= 15 is 0 Å². The molecule has 1 N–H and O–H groups in total. The number of halogens is 2. The van der Waals surface area contributed by atoms with Crippen LogP contribution < -0.4 is 9.64 Å². The van der Waals surface area contributed by atoms with Gasteiger partial charge in [0.25, 0.3) is 11.8 Å². The molecule has 10 nitrogen and oxygen atoms in total. The van der Waals surface area contributed by atoms with Crippen molar-refractivity contribution in [1.82, 2.24) is 20.3 Å². The lowest BCUT2D eigenvalue weighted by atomic mass is 10.0. The Morgan fingerprint density at radius 1 is 1.12 bits per heavy atom. The summed E-state index contributed by atoms with van der Waals surface area (Å²) in [5.74, 6) is 2.38. The molecule has 4 aromatic rings. The molecule has 0 spiro atoms. The van der Waals surface area contributed by atoms with Crippen LogP contribution in [0.5, 0.6) is 5.75 Å². The summed E-state index contributed by atoms with van der Waals surface area (Å²) >= 11 is 12.9. The molecule has 7 rings (SSSR count). The molecule has 2 unspecified atom stereocenters. The first kappa shape index (κ1) is 25.1. The number of carbonyl (C=O) groups is 1. The van der Waals surface area contributed by atoms with Gasteiger partial charge in [-0.2, -0.15) is 4.98 Å². The Kier molecular flexibility index (Phi) is 6.05. The number of aromatic carboxylic acids is 1. The highest BCUT2D eigenvalue weighted by molar-refractivity contribution is 6.39. The zero-order valence-electron chi connectivity index (χ0n) is 21.3. The molecule has 1 aromatic carbocycles. The first-order valence-corrected chi connectivity index (χ1v) is 13.7. The third kappa shape index (κ3) is 4.22. The van der Waals surface area contributed by atoms with Crippen LogP contribution in [-0.4, -0.2) is 51.6 Å². The maximum absolute atomic E-state index is 11.6. The number of aromatic nitrogens is 4. The number of pyridine rings is 1. The van der Waals surface area contributed by atoms with Crippen LogP contribution in [0, 0.1) is 17.8 Å². The zero-order valence-corrected chi connectivity index (χ0v) is 22.8. The summed E-state index contributed by atoms with van der Waals surface area (Å²) in [5.41, 5.74) is 2.68. The summed E-state index contributed by atoms with van der Waals surface area (Å²) in [6, 6.07) is 4.80. The molecule has 12 heteroatoms. The van der Waals surface area contributed by atoms with Crippen LogP contribution in [0.25, 0.3) is 28.8 Å². The Morgan fingerprint density at radius 2 is 1.88 bits per heavy atom. The summed E-state index contributed by atoms with van der Waals surface area (Å²) in [7, 11) is 1.42. The van der Waals surface area contributed by atoms with Crippen molar-refractivity contribution in [3.05, 3.63) is 63.6 Å². The summed E-state index contributed by atoms with van der Waals surface area (Å²) in [6.07, 6.45) is 9.62. The molecule has 2 atom stereocenters. The van der Waals surface area contributed by atoms with Crippen molar-refractivity contribution in [2.75, 3.05) is 25.1 Å². The van der Waals surface area contributed by atoms with Crippen LogP contribution in [0.3, 0.4) is 0 Å². The van der Waals surface area contributed by atoms with Crippen LogP contribution in [0.4, 0.5) is 5.95 Å². The first-order valence-electron chi connectivity index (χ1n) is 12.9. The van der Waals surface area contributed by atoms with E-state index < -0.39 is 5.97 Å². The minimum Gasteiger partial charge on any atom is -0.495 e. The van der Waals surface area contributed by atoms with Crippen molar-refractivity contribution < 1.29 is 23.7 Å². The number of hydrogen-bond donors (Lipinski definition) is 1. The molecule has 2 aliphatic carbocycles. The zero-order chi connectivity index (χ0) is 27.5. The summed E-state index contributed by atoms with van der Waals surface area (Å²) in [4.78, 5) is 22.3. The van der Waals surface area contributed by atoms with E-state index in [1.807, 2.05) is 0 Å². The third-order valence-electron chi connectivity index (χ3n) is 7.92. The summed E-state index contributed by atoms with van der Waals surface area (Å²) in [5, 5.41) is 18.8. The van der Waals surface area contributed by atoms with Gasteiger partial charge in [0.1, 0.15) is 22.8 Å². The van der Waals surface area contributed by atoms with E-state index in [1.165, 1.54) is 13.2 Å². The Hall–Kier alpha value is -3.89. The lowest BCUT2D eigenvalue weighted by molar-refractivity contribution is 0.0693. The number of fused-ring (bicyclic) bond motifs is 1. The highest BCUT2D eigenvalue weighted by Crippen LogP contribution is 2.54. The summed E-state index contributed by atoms with van der Waals surface area (Å²) in [6.45, 7) is 1.58. The predicted molar refractivity (Wildman–Crippen MR) is 147 cm³/mol. The Balaban J connectivity index is 1.08. The SMILES string of the molecule is COc1c(C(=O)O)cccc1-c1nc(N2CC3C(C=Cc4c(-c5c(Cl)cncc5Cl)noc4C4CC4)C3C2)no1.